The zero-order valence-electron chi connectivity index (χ0n) is 9.86. The number of nitrogen functional groups attached to an aromatic ring is 1. The van der Waals surface area contributed by atoms with Crippen LogP contribution in [-0.4, -0.2) is 11.2 Å². The highest BCUT2D eigenvalue weighted by Gasteiger charge is 2.14. The van der Waals surface area contributed by atoms with Gasteiger partial charge < -0.3 is 11.5 Å². The molecule has 0 aliphatic heterocycles. The summed E-state index contributed by atoms with van der Waals surface area (Å²) in [5, 5.41) is 0.417. The van der Waals surface area contributed by atoms with Gasteiger partial charge in [0.25, 0.3) is 0 Å². The summed E-state index contributed by atoms with van der Waals surface area (Å²) in [5.41, 5.74) is 12.2. The minimum Gasteiger partial charge on any atom is -0.399 e. The van der Waals surface area contributed by atoms with Crippen molar-refractivity contribution >= 4 is 23.4 Å². The lowest BCUT2D eigenvalue weighted by molar-refractivity contribution is 0.0997. The van der Waals surface area contributed by atoms with E-state index >= 15 is 0 Å². The van der Waals surface area contributed by atoms with Crippen LogP contribution in [0.3, 0.4) is 0 Å². The van der Waals surface area contributed by atoms with Gasteiger partial charge in [0.2, 0.25) is 5.91 Å². The van der Waals surface area contributed by atoms with Crippen LogP contribution in [-0.2, 0) is 0 Å². The first-order valence-electron chi connectivity index (χ1n) is 5.27. The summed E-state index contributed by atoms with van der Waals surface area (Å²) in [4.78, 5) is 12.1. The van der Waals surface area contributed by atoms with Crippen LogP contribution >= 0.6 is 11.8 Å². The number of carbonyl (C=O) groups is 1. The van der Waals surface area contributed by atoms with Crippen molar-refractivity contribution in [3.63, 3.8) is 0 Å². The molecule has 0 spiro atoms. The Kier molecular flexibility index (Phi) is 4.24. The first-order valence-corrected chi connectivity index (χ1v) is 6.15. The largest absolute Gasteiger partial charge is 0.399 e. The summed E-state index contributed by atoms with van der Waals surface area (Å²) in [6.45, 7) is 6.42. The van der Waals surface area contributed by atoms with E-state index in [0.29, 0.717) is 22.4 Å². The van der Waals surface area contributed by atoms with Crippen LogP contribution in [0.1, 0.15) is 31.1 Å². The lowest BCUT2D eigenvalue weighted by Crippen LogP contribution is -2.14. The fourth-order valence-electron chi connectivity index (χ4n) is 1.18. The average molecular weight is 238 g/mol. The molecular weight excluding hydrogens is 220 g/mol. The predicted molar refractivity (Wildman–Crippen MR) is 69.5 cm³/mol. The van der Waals surface area contributed by atoms with E-state index in [-0.39, 0.29) is 0 Å². The Labute approximate surface area is 101 Å². The second kappa shape index (κ2) is 5.25. The summed E-state index contributed by atoms with van der Waals surface area (Å²) in [6.07, 6.45) is 0. The fraction of sp³-hybridized carbons (Fsp3) is 0.417. The second-order valence-electron chi connectivity index (χ2n) is 4.19. The summed E-state index contributed by atoms with van der Waals surface area (Å²) in [7, 11) is 0. The van der Waals surface area contributed by atoms with E-state index in [2.05, 4.69) is 20.8 Å². The molecule has 16 heavy (non-hydrogen) atoms. The zero-order valence-corrected chi connectivity index (χ0v) is 10.7. The summed E-state index contributed by atoms with van der Waals surface area (Å²) < 4.78 is 0. The summed E-state index contributed by atoms with van der Waals surface area (Å²) in [6, 6.07) is 5.20. The number of primary amides is 1. The highest BCUT2D eigenvalue weighted by atomic mass is 32.2. The van der Waals surface area contributed by atoms with E-state index in [0.717, 1.165) is 4.90 Å². The summed E-state index contributed by atoms with van der Waals surface area (Å²) in [5.74, 6) is 0.130. The van der Waals surface area contributed by atoms with Gasteiger partial charge in [0.05, 0.1) is 5.56 Å². The highest BCUT2D eigenvalue weighted by molar-refractivity contribution is 8.00. The van der Waals surface area contributed by atoms with Crippen molar-refractivity contribution in [2.24, 2.45) is 11.7 Å². The van der Waals surface area contributed by atoms with Crippen molar-refractivity contribution in [2.75, 3.05) is 5.73 Å². The third kappa shape index (κ3) is 3.17. The van der Waals surface area contributed by atoms with Gasteiger partial charge in [-0.05, 0) is 24.1 Å². The van der Waals surface area contributed by atoms with Gasteiger partial charge in [-0.15, -0.1) is 11.8 Å². The van der Waals surface area contributed by atoms with Gasteiger partial charge in [0.15, 0.2) is 0 Å². The van der Waals surface area contributed by atoms with E-state index in [9.17, 15) is 4.79 Å². The van der Waals surface area contributed by atoms with Gasteiger partial charge in [-0.3, -0.25) is 4.79 Å². The molecule has 0 fully saturated rings. The number of amides is 1. The van der Waals surface area contributed by atoms with Gasteiger partial charge in [0, 0.05) is 15.8 Å². The molecule has 0 saturated heterocycles. The zero-order chi connectivity index (χ0) is 12.3. The average Bonchev–Trinajstić information content (AvgIpc) is 2.16. The van der Waals surface area contributed by atoms with Crippen LogP contribution in [0, 0.1) is 5.92 Å². The van der Waals surface area contributed by atoms with E-state index in [4.69, 9.17) is 11.5 Å². The molecule has 3 nitrogen and oxygen atoms in total. The smallest absolute Gasteiger partial charge is 0.249 e. The fourth-order valence-corrected chi connectivity index (χ4v) is 2.35. The molecule has 1 amide bonds. The Morgan fingerprint density at radius 2 is 1.94 bits per heavy atom. The molecule has 0 bridgehead atoms. The van der Waals surface area contributed by atoms with Crippen molar-refractivity contribution in [3.05, 3.63) is 23.8 Å². The van der Waals surface area contributed by atoms with E-state index in [1.165, 1.54) is 0 Å². The van der Waals surface area contributed by atoms with Gasteiger partial charge in [-0.2, -0.15) is 0 Å². The third-order valence-corrected chi connectivity index (χ3v) is 4.03. The molecule has 0 heterocycles. The molecule has 1 aromatic carbocycles. The molecule has 0 saturated carbocycles. The Hall–Kier alpha value is -1.16. The van der Waals surface area contributed by atoms with Crippen LogP contribution in [0.2, 0.25) is 0 Å². The van der Waals surface area contributed by atoms with Gasteiger partial charge in [-0.1, -0.05) is 20.8 Å². The standard InChI is InChI=1S/C12H18N2OS/c1-7(2)8(3)16-11-6-9(13)4-5-10(11)12(14)15/h4-8H,13H2,1-3H3,(H2,14,15). The van der Waals surface area contributed by atoms with Crippen LogP contribution in [0.15, 0.2) is 23.1 Å². The maximum atomic E-state index is 11.3. The number of anilines is 1. The lowest BCUT2D eigenvalue weighted by Gasteiger charge is -2.16. The Morgan fingerprint density at radius 1 is 1.31 bits per heavy atom. The molecule has 1 rings (SSSR count). The Balaban J connectivity index is 3.01. The molecule has 0 aliphatic carbocycles. The van der Waals surface area contributed by atoms with Crippen molar-refractivity contribution < 1.29 is 4.79 Å². The Bertz CT molecular complexity index is 391. The molecule has 88 valence electrons. The number of hydrogen-bond donors (Lipinski definition) is 2. The van der Waals surface area contributed by atoms with Crippen molar-refractivity contribution in [1.82, 2.24) is 0 Å². The van der Waals surface area contributed by atoms with E-state index in [1.54, 1.807) is 23.9 Å². The molecule has 0 radical (unpaired) electrons. The lowest BCUT2D eigenvalue weighted by atomic mass is 10.1. The first kappa shape index (κ1) is 12.9. The number of rotatable bonds is 4. The molecule has 0 aromatic heterocycles. The van der Waals surface area contributed by atoms with Crippen LogP contribution < -0.4 is 11.5 Å². The van der Waals surface area contributed by atoms with E-state index < -0.39 is 5.91 Å². The number of thioether (sulfide) groups is 1. The number of benzene rings is 1. The second-order valence-corrected chi connectivity index (χ2v) is 5.61. The molecule has 4 heteroatoms. The predicted octanol–water partition coefficient (Wildman–Crippen LogP) is 2.50. The monoisotopic (exact) mass is 238 g/mol. The van der Waals surface area contributed by atoms with Gasteiger partial charge in [-0.25, -0.2) is 0 Å². The minimum atomic E-state index is -0.404. The minimum absolute atomic E-state index is 0.404. The molecule has 0 aliphatic rings. The van der Waals surface area contributed by atoms with Crippen molar-refractivity contribution in [3.8, 4) is 0 Å². The first-order chi connectivity index (χ1) is 7.41. The SMILES string of the molecule is CC(C)C(C)Sc1cc(N)ccc1C(N)=O. The maximum Gasteiger partial charge on any atom is 0.249 e. The maximum absolute atomic E-state index is 11.3. The highest BCUT2D eigenvalue weighted by Crippen LogP contribution is 2.31. The Morgan fingerprint density at radius 3 is 2.44 bits per heavy atom. The number of carbonyl (C=O) groups excluding carboxylic acids is 1. The number of nitrogens with two attached hydrogens (primary N) is 2. The molecule has 1 atom stereocenters. The molecule has 1 unspecified atom stereocenters. The molecule has 4 N–H and O–H groups in total. The number of hydrogen-bond acceptors (Lipinski definition) is 3. The van der Waals surface area contributed by atoms with Crippen LogP contribution in [0.4, 0.5) is 5.69 Å². The normalized spacial score (nSPS) is 12.8. The molecular formula is C12H18N2OS. The quantitative estimate of drug-likeness (QED) is 0.625. The van der Waals surface area contributed by atoms with Gasteiger partial charge >= 0.3 is 0 Å². The van der Waals surface area contributed by atoms with Crippen molar-refractivity contribution in [2.45, 2.75) is 30.9 Å². The van der Waals surface area contributed by atoms with Gasteiger partial charge in [0.1, 0.15) is 0 Å². The summed E-state index contributed by atoms with van der Waals surface area (Å²) >= 11 is 1.64. The third-order valence-electron chi connectivity index (χ3n) is 2.52. The van der Waals surface area contributed by atoms with Crippen LogP contribution in [0.5, 0.6) is 0 Å². The molecule has 1 aromatic rings. The van der Waals surface area contributed by atoms with E-state index in [1.807, 2.05) is 6.07 Å². The van der Waals surface area contributed by atoms with Crippen molar-refractivity contribution in [1.29, 1.82) is 0 Å². The van der Waals surface area contributed by atoms with Crippen LogP contribution in [0.25, 0.3) is 0 Å². The topological polar surface area (TPSA) is 69.1 Å².